The van der Waals surface area contributed by atoms with Crippen LogP contribution in [0.25, 0.3) is 0 Å². The van der Waals surface area contributed by atoms with Gasteiger partial charge in [-0.05, 0) is 50.3 Å². The van der Waals surface area contributed by atoms with E-state index in [9.17, 15) is 0 Å². The minimum Gasteiger partial charge on any atom is -0.368 e. The van der Waals surface area contributed by atoms with Crippen molar-refractivity contribution in [3.63, 3.8) is 0 Å². The van der Waals surface area contributed by atoms with Gasteiger partial charge in [0.05, 0.1) is 0 Å². The zero-order valence-electron chi connectivity index (χ0n) is 12.7. The quantitative estimate of drug-likeness (QED) is 0.875. The maximum Gasteiger partial charge on any atom is 0.0413 e. The molecule has 1 aliphatic rings. The van der Waals surface area contributed by atoms with Gasteiger partial charge < -0.3 is 10.6 Å². The Morgan fingerprint density at radius 2 is 2.15 bits per heavy atom. The SMILES string of the molecule is CCC1CCCCCN1c1cc(Br)ccc1CC(C)N. The van der Waals surface area contributed by atoms with Crippen LogP contribution in [0.2, 0.25) is 0 Å². The summed E-state index contributed by atoms with van der Waals surface area (Å²) in [5, 5.41) is 0. The van der Waals surface area contributed by atoms with E-state index >= 15 is 0 Å². The van der Waals surface area contributed by atoms with Crippen molar-refractivity contribution in [1.29, 1.82) is 0 Å². The first-order valence-corrected chi connectivity index (χ1v) is 8.71. The van der Waals surface area contributed by atoms with Gasteiger partial charge >= 0.3 is 0 Å². The Morgan fingerprint density at radius 3 is 2.85 bits per heavy atom. The lowest BCUT2D eigenvalue weighted by Gasteiger charge is -2.33. The third-order valence-electron chi connectivity index (χ3n) is 4.25. The van der Waals surface area contributed by atoms with Gasteiger partial charge in [-0.1, -0.05) is 41.8 Å². The number of halogens is 1. The van der Waals surface area contributed by atoms with Crippen LogP contribution in [0.3, 0.4) is 0 Å². The Labute approximate surface area is 131 Å². The molecule has 0 bridgehead atoms. The van der Waals surface area contributed by atoms with Crippen LogP contribution in [0.4, 0.5) is 5.69 Å². The molecule has 1 heterocycles. The van der Waals surface area contributed by atoms with Gasteiger partial charge in [-0.2, -0.15) is 0 Å². The number of rotatable bonds is 4. The molecule has 0 amide bonds. The number of nitrogens with two attached hydrogens (primary N) is 1. The Kier molecular flexibility index (Phi) is 5.91. The Morgan fingerprint density at radius 1 is 1.35 bits per heavy atom. The van der Waals surface area contributed by atoms with Gasteiger partial charge in [-0.15, -0.1) is 0 Å². The number of hydrogen-bond acceptors (Lipinski definition) is 2. The van der Waals surface area contributed by atoms with Crippen molar-refractivity contribution in [3.8, 4) is 0 Å². The second kappa shape index (κ2) is 7.46. The lowest BCUT2D eigenvalue weighted by Crippen LogP contribution is -2.35. The first-order chi connectivity index (χ1) is 9.61. The minimum atomic E-state index is 0.210. The maximum atomic E-state index is 6.03. The van der Waals surface area contributed by atoms with Gasteiger partial charge in [-0.25, -0.2) is 0 Å². The van der Waals surface area contributed by atoms with Crippen LogP contribution < -0.4 is 10.6 Å². The maximum absolute atomic E-state index is 6.03. The third kappa shape index (κ3) is 3.98. The lowest BCUT2D eigenvalue weighted by atomic mass is 10.0. The summed E-state index contributed by atoms with van der Waals surface area (Å²) in [4.78, 5) is 2.63. The molecular formula is C17H27BrN2. The molecule has 2 rings (SSSR count). The Hall–Kier alpha value is -0.540. The molecule has 0 aliphatic carbocycles. The van der Waals surface area contributed by atoms with Crippen molar-refractivity contribution < 1.29 is 0 Å². The molecule has 2 N–H and O–H groups in total. The van der Waals surface area contributed by atoms with E-state index in [2.05, 4.69) is 52.9 Å². The lowest BCUT2D eigenvalue weighted by molar-refractivity contribution is 0.554. The van der Waals surface area contributed by atoms with E-state index in [0.717, 1.165) is 6.42 Å². The van der Waals surface area contributed by atoms with E-state index in [1.165, 1.54) is 54.4 Å². The van der Waals surface area contributed by atoms with Crippen molar-refractivity contribution in [3.05, 3.63) is 28.2 Å². The molecule has 1 aliphatic heterocycles. The number of benzene rings is 1. The molecule has 1 aromatic carbocycles. The second-order valence-electron chi connectivity index (χ2n) is 6.06. The van der Waals surface area contributed by atoms with Crippen LogP contribution in [0, 0.1) is 0 Å². The van der Waals surface area contributed by atoms with Gasteiger partial charge in [0.25, 0.3) is 0 Å². The van der Waals surface area contributed by atoms with Gasteiger partial charge in [0.2, 0.25) is 0 Å². The number of nitrogens with zero attached hydrogens (tertiary/aromatic N) is 1. The van der Waals surface area contributed by atoms with Crippen LogP contribution in [-0.2, 0) is 6.42 Å². The number of anilines is 1. The molecule has 0 saturated carbocycles. The van der Waals surface area contributed by atoms with Crippen molar-refractivity contribution in [2.75, 3.05) is 11.4 Å². The first kappa shape index (κ1) is 15.8. The molecule has 1 fully saturated rings. The summed E-state index contributed by atoms with van der Waals surface area (Å²) in [6.07, 6.45) is 7.54. The topological polar surface area (TPSA) is 29.3 Å². The normalized spacial score (nSPS) is 21.6. The van der Waals surface area contributed by atoms with E-state index in [0.29, 0.717) is 6.04 Å². The fourth-order valence-corrected chi connectivity index (χ4v) is 3.59. The summed E-state index contributed by atoms with van der Waals surface area (Å²) in [5.74, 6) is 0. The van der Waals surface area contributed by atoms with Crippen LogP contribution in [0.1, 0.15) is 51.5 Å². The highest BCUT2D eigenvalue weighted by atomic mass is 79.9. The highest BCUT2D eigenvalue weighted by Gasteiger charge is 2.22. The summed E-state index contributed by atoms with van der Waals surface area (Å²) in [6, 6.07) is 7.55. The van der Waals surface area contributed by atoms with E-state index in [1.807, 2.05) is 0 Å². The number of hydrogen-bond donors (Lipinski definition) is 1. The predicted octanol–water partition coefficient (Wildman–Crippen LogP) is 4.50. The standard InChI is InChI=1S/C17H27BrN2/c1-3-16-7-5-4-6-10-20(16)17-12-15(18)9-8-14(17)11-13(2)19/h8-9,12-13,16H,3-7,10-11,19H2,1-2H3. The average molecular weight is 339 g/mol. The summed E-state index contributed by atoms with van der Waals surface area (Å²) in [7, 11) is 0. The molecule has 1 aromatic rings. The van der Waals surface area contributed by atoms with Crippen LogP contribution in [0.15, 0.2) is 22.7 Å². The van der Waals surface area contributed by atoms with Gasteiger partial charge in [-0.3, -0.25) is 0 Å². The van der Waals surface area contributed by atoms with Crippen LogP contribution in [0.5, 0.6) is 0 Å². The fourth-order valence-electron chi connectivity index (χ4n) is 3.24. The third-order valence-corrected chi connectivity index (χ3v) is 4.74. The minimum absolute atomic E-state index is 0.210. The Balaban J connectivity index is 2.34. The molecule has 0 aromatic heterocycles. The van der Waals surface area contributed by atoms with E-state index in [1.54, 1.807) is 0 Å². The largest absolute Gasteiger partial charge is 0.368 e. The van der Waals surface area contributed by atoms with Gasteiger partial charge in [0, 0.05) is 28.8 Å². The summed E-state index contributed by atoms with van der Waals surface area (Å²) in [5.41, 5.74) is 8.81. The smallest absolute Gasteiger partial charge is 0.0413 e. The monoisotopic (exact) mass is 338 g/mol. The van der Waals surface area contributed by atoms with Crippen molar-refractivity contribution in [1.82, 2.24) is 0 Å². The summed E-state index contributed by atoms with van der Waals surface area (Å²) in [6.45, 7) is 5.58. The highest BCUT2D eigenvalue weighted by molar-refractivity contribution is 9.10. The molecule has 20 heavy (non-hydrogen) atoms. The van der Waals surface area contributed by atoms with Gasteiger partial charge in [0.1, 0.15) is 0 Å². The fraction of sp³-hybridized carbons (Fsp3) is 0.647. The molecule has 1 saturated heterocycles. The molecule has 3 heteroatoms. The summed E-state index contributed by atoms with van der Waals surface area (Å²) >= 11 is 3.63. The van der Waals surface area contributed by atoms with Crippen LogP contribution in [-0.4, -0.2) is 18.6 Å². The van der Waals surface area contributed by atoms with Crippen molar-refractivity contribution in [2.45, 2.75) is 64.5 Å². The molecule has 0 spiro atoms. The molecule has 0 radical (unpaired) electrons. The summed E-state index contributed by atoms with van der Waals surface area (Å²) < 4.78 is 1.17. The van der Waals surface area contributed by atoms with Gasteiger partial charge in [0.15, 0.2) is 0 Å². The predicted molar refractivity (Wildman–Crippen MR) is 91.4 cm³/mol. The zero-order chi connectivity index (χ0) is 14.5. The first-order valence-electron chi connectivity index (χ1n) is 7.92. The molecule has 112 valence electrons. The van der Waals surface area contributed by atoms with Crippen molar-refractivity contribution in [2.24, 2.45) is 5.73 Å². The van der Waals surface area contributed by atoms with Crippen LogP contribution >= 0.6 is 15.9 Å². The second-order valence-corrected chi connectivity index (χ2v) is 6.97. The zero-order valence-corrected chi connectivity index (χ0v) is 14.3. The van der Waals surface area contributed by atoms with Crippen molar-refractivity contribution >= 4 is 21.6 Å². The molecule has 2 nitrogen and oxygen atoms in total. The van der Waals surface area contributed by atoms with E-state index in [4.69, 9.17) is 5.73 Å². The highest BCUT2D eigenvalue weighted by Crippen LogP contribution is 2.31. The van der Waals surface area contributed by atoms with E-state index < -0.39 is 0 Å². The Bertz CT molecular complexity index is 431. The molecule has 2 unspecified atom stereocenters. The van der Waals surface area contributed by atoms with E-state index in [-0.39, 0.29) is 6.04 Å². The molecular weight excluding hydrogens is 312 g/mol. The molecule has 2 atom stereocenters. The average Bonchev–Trinajstić information content (AvgIpc) is 2.65.